The van der Waals surface area contributed by atoms with Crippen LogP contribution in [0.5, 0.6) is 0 Å². The highest BCUT2D eigenvalue weighted by atomic mass is 16.6. The molecule has 0 aliphatic heterocycles. The van der Waals surface area contributed by atoms with Gasteiger partial charge in [0.15, 0.2) is 0 Å². The third-order valence-electron chi connectivity index (χ3n) is 2.41. The Bertz CT molecular complexity index is 408. The van der Waals surface area contributed by atoms with Gasteiger partial charge in [0.1, 0.15) is 12.6 Å². The lowest BCUT2D eigenvalue weighted by Gasteiger charge is -2.14. The zero-order valence-corrected chi connectivity index (χ0v) is 10.3. The summed E-state index contributed by atoms with van der Waals surface area (Å²) in [6.45, 7) is 0.144. The molecule has 1 aromatic rings. The van der Waals surface area contributed by atoms with Crippen LogP contribution in [0, 0.1) is 0 Å². The predicted octanol–water partition coefficient (Wildman–Crippen LogP) is -0.0133. The minimum atomic E-state index is -0.844. The molecule has 0 aliphatic carbocycles. The van der Waals surface area contributed by atoms with Crippen molar-refractivity contribution in [1.29, 1.82) is 0 Å². The second-order valence-corrected chi connectivity index (χ2v) is 4.03. The van der Waals surface area contributed by atoms with Crippen LogP contribution in [0.15, 0.2) is 30.3 Å². The van der Waals surface area contributed by atoms with E-state index in [2.05, 4.69) is 5.73 Å². The number of primary amides is 1. The van der Waals surface area contributed by atoms with E-state index in [9.17, 15) is 9.59 Å². The maximum Gasteiger partial charge on any atom is 0.417 e. The van der Waals surface area contributed by atoms with Crippen LogP contribution in [-0.2, 0) is 11.2 Å². The summed E-state index contributed by atoms with van der Waals surface area (Å²) in [5.41, 5.74) is 9.96. The molecule has 5 N–H and O–H groups in total. The van der Waals surface area contributed by atoms with Crippen molar-refractivity contribution in [2.24, 2.45) is 5.73 Å². The van der Waals surface area contributed by atoms with Gasteiger partial charge >= 0.3 is 12.1 Å². The Morgan fingerprint density at radius 3 is 2.56 bits per heavy atom. The number of carbonyl (C=O) groups excluding carboxylic acids is 2. The number of urea groups is 1. The Morgan fingerprint density at radius 2 is 2.00 bits per heavy atom. The van der Waals surface area contributed by atoms with Crippen molar-refractivity contribution in [1.82, 2.24) is 4.90 Å². The first kappa shape index (κ1) is 14.0. The van der Waals surface area contributed by atoms with Crippen molar-refractivity contribution in [2.45, 2.75) is 12.5 Å². The van der Waals surface area contributed by atoms with Gasteiger partial charge in [0, 0.05) is 13.5 Å². The minimum absolute atomic E-state index is 0.0716. The Hall–Kier alpha value is -2.08. The van der Waals surface area contributed by atoms with Crippen LogP contribution >= 0.6 is 0 Å². The van der Waals surface area contributed by atoms with Gasteiger partial charge in [-0.25, -0.2) is 14.5 Å². The molecular weight excluding hydrogens is 234 g/mol. The Kier molecular flexibility index (Phi) is 5.13. The van der Waals surface area contributed by atoms with Crippen LogP contribution in [0.1, 0.15) is 5.56 Å². The van der Waals surface area contributed by atoms with Gasteiger partial charge in [-0.15, -0.1) is 0 Å². The molecule has 1 unspecified atom stereocenters. The van der Waals surface area contributed by atoms with Gasteiger partial charge in [0.25, 0.3) is 0 Å². The summed E-state index contributed by atoms with van der Waals surface area (Å²) in [6, 6.07) is 8.86. The molecule has 0 fully saturated rings. The van der Waals surface area contributed by atoms with E-state index in [1.165, 1.54) is 7.05 Å². The number of rotatable bonds is 4. The molecule has 0 bridgehead atoms. The van der Waals surface area contributed by atoms with Crippen LogP contribution in [-0.4, -0.2) is 36.7 Å². The molecule has 1 rings (SSSR count). The van der Waals surface area contributed by atoms with E-state index < -0.39 is 12.1 Å². The number of quaternary nitrogens is 1. The Labute approximate surface area is 105 Å². The van der Waals surface area contributed by atoms with Gasteiger partial charge in [-0.3, -0.25) is 0 Å². The number of carbonyl (C=O) groups is 2. The van der Waals surface area contributed by atoms with E-state index in [0.29, 0.717) is 6.42 Å². The van der Waals surface area contributed by atoms with E-state index in [-0.39, 0.29) is 12.6 Å². The molecule has 3 amide bonds. The number of ether oxygens (including phenoxy) is 1. The molecule has 98 valence electrons. The first-order valence-electron chi connectivity index (χ1n) is 5.57. The first-order chi connectivity index (χ1) is 8.50. The van der Waals surface area contributed by atoms with E-state index in [1.807, 2.05) is 30.3 Å². The molecular formula is C12H18N3O3+. The topological polar surface area (TPSA) is 100 Å². The van der Waals surface area contributed by atoms with E-state index >= 15 is 0 Å². The summed E-state index contributed by atoms with van der Waals surface area (Å²) < 4.78 is 4.92. The average Bonchev–Trinajstić information content (AvgIpc) is 2.36. The van der Waals surface area contributed by atoms with Gasteiger partial charge < -0.3 is 16.2 Å². The highest BCUT2D eigenvalue weighted by Gasteiger charge is 2.17. The molecule has 1 atom stereocenters. The summed E-state index contributed by atoms with van der Waals surface area (Å²) in [4.78, 5) is 22.7. The third kappa shape index (κ3) is 4.42. The van der Waals surface area contributed by atoms with Gasteiger partial charge in [-0.2, -0.15) is 0 Å². The largest absolute Gasteiger partial charge is 0.443 e. The number of benzene rings is 1. The number of nitrogens with zero attached hydrogens (tertiary/aromatic N) is 1. The van der Waals surface area contributed by atoms with Crippen molar-refractivity contribution in [3.05, 3.63) is 35.9 Å². The SMILES string of the molecule is CN(C(N)=O)C(=O)OCC([NH3+])Cc1ccccc1. The molecule has 0 aliphatic rings. The Balaban J connectivity index is 2.35. The number of hydrogen-bond acceptors (Lipinski definition) is 3. The Morgan fingerprint density at radius 1 is 1.39 bits per heavy atom. The molecule has 6 heteroatoms. The molecule has 18 heavy (non-hydrogen) atoms. The zero-order valence-electron chi connectivity index (χ0n) is 10.3. The molecule has 0 radical (unpaired) electrons. The van der Waals surface area contributed by atoms with E-state index in [1.54, 1.807) is 0 Å². The minimum Gasteiger partial charge on any atom is -0.443 e. The van der Waals surface area contributed by atoms with Crippen molar-refractivity contribution in [3.8, 4) is 0 Å². The van der Waals surface area contributed by atoms with Crippen LogP contribution < -0.4 is 11.5 Å². The zero-order chi connectivity index (χ0) is 13.5. The van der Waals surface area contributed by atoms with Crippen molar-refractivity contribution in [3.63, 3.8) is 0 Å². The van der Waals surface area contributed by atoms with Crippen LogP contribution in [0.25, 0.3) is 0 Å². The molecule has 1 aromatic carbocycles. The monoisotopic (exact) mass is 252 g/mol. The standard InChI is InChI=1S/C12H17N3O3/c1-15(11(14)16)12(17)18-8-10(13)7-9-5-3-2-4-6-9/h2-6,10H,7-8,13H2,1H3,(H2,14,16)/p+1. The highest BCUT2D eigenvalue weighted by molar-refractivity contribution is 5.89. The lowest BCUT2D eigenvalue weighted by molar-refractivity contribution is -0.424. The van der Waals surface area contributed by atoms with Crippen molar-refractivity contribution >= 4 is 12.1 Å². The van der Waals surface area contributed by atoms with Crippen molar-refractivity contribution < 1.29 is 20.1 Å². The van der Waals surface area contributed by atoms with Crippen LogP contribution in [0.2, 0.25) is 0 Å². The predicted molar refractivity (Wildman–Crippen MR) is 65.5 cm³/mol. The average molecular weight is 252 g/mol. The van der Waals surface area contributed by atoms with Crippen LogP contribution in [0.4, 0.5) is 9.59 Å². The summed E-state index contributed by atoms with van der Waals surface area (Å²) in [6.07, 6.45) is -0.0572. The third-order valence-corrected chi connectivity index (χ3v) is 2.41. The molecule has 0 spiro atoms. The smallest absolute Gasteiger partial charge is 0.417 e. The molecule has 0 saturated carbocycles. The number of amides is 3. The second-order valence-electron chi connectivity index (χ2n) is 4.03. The molecule has 0 aromatic heterocycles. The normalized spacial score (nSPS) is 11.7. The van der Waals surface area contributed by atoms with Crippen molar-refractivity contribution in [2.75, 3.05) is 13.7 Å². The molecule has 0 saturated heterocycles. The number of imide groups is 1. The lowest BCUT2D eigenvalue weighted by atomic mass is 10.1. The van der Waals surface area contributed by atoms with Gasteiger partial charge in [0.2, 0.25) is 0 Å². The fourth-order valence-corrected chi connectivity index (χ4v) is 1.38. The maximum atomic E-state index is 11.3. The maximum absolute atomic E-state index is 11.3. The lowest BCUT2D eigenvalue weighted by Crippen LogP contribution is -2.64. The molecule has 0 heterocycles. The highest BCUT2D eigenvalue weighted by Crippen LogP contribution is 2.01. The first-order valence-corrected chi connectivity index (χ1v) is 5.57. The summed E-state index contributed by atoms with van der Waals surface area (Å²) in [7, 11) is 1.26. The van der Waals surface area contributed by atoms with Gasteiger partial charge in [0.05, 0.1) is 0 Å². The fourth-order valence-electron chi connectivity index (χ4n) is 1.38. The summed E-state index contributed by atoms with van der Waals surface area (Å²) >= 11 is 0. The molecule has 6 nitrogen and oxygen atoms in total. The fraction of sp³-hybridized carbons (Fsp3) is 0.333. The number of hydrogen-bond donors (Lipinski definition) is 2. The van der Waals surface area contributed by atoms with Gasteiger partial charge in [-0.05, 0) is 5.56 Å². The van der Waals surface area contributed by atoms with E-state index in [4.69, 9.17) is 10.5 Å². The number of nitrogens with two attached hydrogens (primary N) is 1. The summed E-state index contributed by atoms with van der Waals surface area (Å²) in [5, 5.41) is 0. The van der Waals surface area contributed by atoms with Crippen LogP contribution in [0.3, 0.4) is 0 Å². The van der Waals surface area contributed by atoms with E-state index in [0.717, 1.165) is 10.5 Å². The summed E-state index contributed by atoms with van der Waals surface area (Å²) in [5.74, 6) is 0. The second kappa shape index (κ2) is 6.61. The quantitative estimate of drug-likeness (QED) is 0.787. The van der Waals surface area contributed by atoms with Gasteiger partial charge in [-0.1, -0.05) is 30.3 Å².